The fourth-order valence-corrected chi connectivity index (χ4v) is 3.22. The lowest BCUT2D eigenvalue weighted by Gasteiger charge is -2.03. The Morgan fingerprint density at radius 1 is 1.22 bits per heavy atom. The number of hydrogen-bond donors (Lipinski definition) is 1. The Balaban J connectivity index is 1.66. The van der Waals surface area contributed by atoms with Crippen molar-refractivity contribution < 1.29 is 9.18 Å². The summed E-state index contributed by atoms with van der Waals surface area (Å²) in [4.78, 5) is 16.5. The van der Waals surface area contributed by atoms with Gasteiger partial charge in [0.15, 0.2) is 0 Å². The van der Waals surface area contributed by atoms with Gasteiger partial charge in [0.05, 0.1) is 12.1 Å². The zero-order valence-electron chi connectivity index (χ0n) is 11.9. The predicted molar refractivity (Wildman–Crippen MR) is 99.0 cm³/mol. The van der Waals surface area contributed by atoms with E-state index in [1.807, 2.05) is 29.6 Å². The summed E-state index contributed by atoms with van der Waals surface area (Å²) in [5.41, 5.74) is 2.16. The van der Waals surface area contributed by atoms with Crippen LogP contribution in [-0.2, 0) is 11.2 Å². The van der Waals surface area contributed by atoms with E-state index in [-0.39, 0.29) is 18.1 Å². The lowest BCUT2D eigenvalue weighted by Crippen LogP contribution is -2.14. The van der Waals surface area contributed by atoms with Crippen LogP contribution < -0.4 is 5.32 Å². The minimum absolute atomic E-state index is 0.123. The van der Waals surface area contributed by atoms with Gasteiger partial charge in [0, 0.05) is 20.2 Å². The first-order chi connectivity index (χ1) is 11.1. The van der Waals surface area contributed by atoms with Crippen LogP contribution in [0.3, 0.4) is 0 Å². The average molecular weight is 438 g/mol. The van der Waals surface area contributed by atoms with Gasteiger partial charge in [-0.25, -0.2) is 9.37 Å². The van der Waals surface area contributed by atoms with Crippen LogP contribution in [0, 0.1) is 9.39 Å². The van der Waals surface area contributed by atoms with Gasteiger partial charge in [-0.05, 0) is 59.0 Å². The van der Waals surface area contributed by atoms with Gasteiger partial charge in [-0.3, -0.25) is 4.79 Å². The molecule has 0 aliphatic carbocycles. The molecule has 1 amide bonds. The van der Waals surface area contributed by atoms with Crippen LogP contribution in [0.25, 0.3) is 10.6 Å². The molecule has 0 spiro atoms. The van der Waals surface area contributed by atoms with E-state index in [0.717, 1.165) is 14.8 Å². The molecule has 2 aromatic carbocycles. The zero-order valence-corrected chi connectivity index (χ0v) is 14.9. The van der Waals surface area contributed by atoms with Gasteiger partial charge in [0.1, 0.15) is 10.8 Å². The largest absolute Gasteiger partial charge is 0.326 e. The van der Waals surface area contributed by atoms with E-state index in [9.17, 15) is 9.18 Å². The first-order valence-corrected chi connectivity index (χ1v) is 8.82. The quantitative estimate of drug-likeness (QED) is 0.599. The fraction of sp³-hybridized carbons (Fsp3) is 0.0588. The van der Waals surface area contributed by atoms with Crippen molar-refractivity contribution in [3.63, 3.8) is 0 Å². The minimum Gasteiger partial charge on any atom is -0.326 e. The molecule has 0 radical (unpaired) electrons. The summed E-state index contributed by atoms with van der Waals surface area (Å²) in [6.45, 7) is 0. The summed E-state index contributed by atoms with van der Waals surface area (Å²) < 4.78 is 14.4. The highest BCUT2D eigenvalue weighted by Gasteiger charge is 2.10. The van der Waals surface area contributed by atoms with Gasteiger partial charge in [0.25, 0.3) is 0 Å². The Kier molecular flexibility index (Phi) is 5.02. The van der Waals surface area contributed by atoms with Crippen molar-refractivity contribution in [3.8, 4) is 10.6 Å². The van der Waals surface area contributed by atoms with Crippen LogP contribution in [-0.4, -0.2) is 10.9 Å². The molecule has 23 heavy (non-hydrogen) atoms. The third-order valence-electron chi connectivity index (χ3n) is 3.09. The predicted octanol–water partition coefficient (Wildman–Crippen LogP) is 4.74. The summed E-state index contributed by atoms with van der Waals surface area (Å²) in [6, 6.07) is 13.9. The first kappa shape index (κ1) is 16.1. The number of halogens is 2. The number of rotatable bonds is 4. The zero-order chi connectivity index (χ0) is 16.2. The Morgan fingerprint density at radius 2 is 2.00 bits per heavy atom. The van der Waals surface area contributed by atoms with Crippen molar-refractivity contribution in [3.05, 3.63) is 69.0 Å². The lowest BCUT2D eigenvalue weighted by molar-refractivity contribution is -0.115. The smallest absolute Gasteiger partial charge is 0.230 e. The van der Waals surface area contributed by atoms with Gasteiger partial charge >= 0.3 is 0 Å². The van der Waals surface area contributed by atoms with Crippen LogP contribution in [0.4, 0.5) is 10.1 Å². The van der Waals surface area contributed by atoms with Crippen LogP contribution in [0.2, 0.25) is 0 Å². The number of amides is 1. The van der Waals surface area contributed by atoms with Crippen LogP contribution >= 0.6 is 33.9 Å². The Morgan fingerprint density at radius 3 is 2.74 bits per heavy atom. The lowest BCUT2D eigenvalue weighted by atomic mass is 10.2. The summed E-state index contributed by atoms with van der Waals surface area (Å²) in [5, 5.41) is 5.38. The van der Waals surface area contributed by atoms with Crippen molar-refractivity contribution in [2.45, 2.75) is 6.42 Å². The first-order valence-electron chi connectivity index (χ1n) is 6.86. The number of thiazole rings is 1. The summed E-state index contributed by atoms with van der Waals surface area (Å²) >= 11 is 3.61. The van der Waals surface area contributed by atoms with E-state index in [0.29, 0.717) is 10.7 Å². The molecule has 1 aromatic heterocycles. The van der Waals surface area contributed by atoms with Crippen LogP contribution in [0.1, 0.15) is 5.69 Å². The normalized spacial score (nSPS) is 10.5. The number of hydrogen-bond acceptors (Lipinski definition) is 3. The molecule has 0 unspecified atom stereocenters. The maximum absolute atomic E-state index is 13.3. The van der Waals surface area contributed by atoms with Crippen molar-refractivity contribution in [2.75, 3.05) is 5.32 Å². The summed E-state index contributed by atoms with van der Waals surface area (Å²) in [5.74, 6) is -0.419. The molecular weight excluding hydrogens is 426 g/mol. The summed E-state index contributed by atoms with van der Waals surface area (Å²) in [6.07, 6.45) is 0.192. The van der Waals surface area contributed by atoms with Crippen molar-refractivity contribution in [1.29, 1.82) is 0 Å². The second-order valence-corrected chi connectivity index (χ2v) is 6.99. The Bertz CT molecular complexity index is 833. The highest BCUT2D eigenvalue weighted by molar-refractivity contribution is 14.1. The molecule has 3 nitrogen and oxygen atoms in total. The number of nitrogens with one attached hydrogen (secondary N) is 1. The fourth-order valence-electron chi connectivity index (χ4n) is 2.05. The highest BCUT2D eigenvalue weighted by atomic mass is 127. The number of nitrogens with zero attached hydrogens (tertiary/aromatic N) is 1. The van der Waals surface area contributed by atoms with Crippen molar-refractivity contribution in [2.24, 2.45) is 0 Å². The van der Waals surface area contributed by atoms with Gasteiger partial charge in [-0.2, -0.15) is 0 Å². The Labute approximate surface area is 150 Å². The van der Waals surface area contributed by atoms with E-state index in [1.54, 1.807) is 12.1 Å². The second kappa shape index (κ2) is 7.18. The standard InChI is InChI=1S/C17H12FIN2OS/c18-12-3-1-2-11(8-12)17-21-15(10-23-17)9-16(22)20-14-6-4-13(19)5-7-14/h1-8,10H,9H2,(H,20,22). The van der Waals surface area contributed by atoms with Gasteiger partial charge < -0.3 is 5.32 Å². The van der Waals surface area contributed by atoms with Crippen molar-refractivity contribution in [1.82, 2.24) is 4.98 Å². The van der Waals surface area contributed by atoms with Crippen LogP contribution in [0.5, 0.6) is 0 Å². The van der Waals surface area contributed by atoms with E-state index in [4.69, 9.17) is 0 Å². The van der Waals surface area contributed by atoms with E-state index in [2.05, 4.69) is 32.9 Å². The molecule has 116 valence electrons. The number of anilines is 1. The molecule has 0 bridgehead atoms. The highest BCUT2D eigenvalue weighted by Crippen LogP contribution is 2.24. The molecular formula is C17H12FIN2OS. The average Bonchev–Trinajstić information content (AvgIpc) is 2.98. The summed E-state index contributed by atoms with van der Waals surface area (Å²) in [7, 11) is 0. The third-order valence-corrected chi connectivity index (χ3v) is 4.75. The topological polar surface area (TPSA) is 42.0 Å². The third kappa shape index (κ3) is 4.35. The van der Waals surface area contributed by atoms with E-state index < -0.39 is 0 Å². The number of carbonyl (C=O) groups excluding carboxylic acids is 1. The molecule has 0 saturated carbocycles. The maximum atomic E-state index is 13.3. The van der Waals surface area contributed by atoms with E-state index in [1.165, 1.54) is 23.5 Å². The molecule has 0 aliphatic heterocycles. The molecule has 6 heteroatoms. The number of carbonyl (C=O) groups is 1. The monoisotopic (exact) mass is 438 g/mol. The van der Waals surface area contributed by atoms with Gasteiger partial charge in [-0.15, -0.1) is 11.3 Å². The number of benzene rings is 2. The molecule has 1 N–H and O–H groups in total. The van der Waals surface area contributed by atoms with Gasteiger partial charge in [-0.1, -0.05) is 12.1 Å². The number of aromatic nitrogens is 1. The van der Waals surface area contributed by atoms with E-state index >= 15 is 0 Å². The molecule has 0 fully saturated rings. The molecule has 0 aliphatic rings. The SMILES string of the molecule is O=C(Cc1csc(-c2cccc(F)c2)n1)Nc1ccc(I)cc1. The van der Waals surface area contributed by atoms with Crippen molar-refractivity contribution >= 4 is 45.5 Å². The minimum atomic E-state index is -0.296. The molecule has 0 atom stereocenters. The Hall–Kier alpha value is -1.80. The van der Waals surface area contributed by atoms with Crippen LogP contribution in [0.15, 0.2) is 53.9 Å². The van der Waals surface area contributed by atoms with Gasteiger partial charge in [0.2, 0.25) is 5.91 Å². The second-order valence-electron chi connectivity index (χ2n) is 4.89. The maximum Gasteiger partial charge on any atom is 0.230 e. The molecule has 3 rings (SSSR count). The molecule has 3 aromatic rings. The molecule has 0 saturated heterocycles. The molecule has 1 heterocycles.